The van der Waals surface area contributed by atoms with Gasteiger partial charge in [0.2, 0.25) is 5.91 Å². The molecule has 0 bridgehead atoms. The van der Waals surface area contributed by atoms with Gasteiger partial charge in [0.05, 0.1) is 12.4 Å². The van der Waals surface area contributed by atoms with E-state index in [2.05, 4.69) is 22.1 Å². The highest BCUT2D eigenvalue weighted by molar-refractivity contribution is 8.00. The number of aromatic nitrogens is 3. The third-order valence-electron chi connectivity index (χ3n) is 4.56. The van der Waals surface area contributed by atoms with E-state index in [1.54, 1.807) is 20.1 Å². The lowest BCUT2D eigenvalue weighted by atomic mass is 10.3. The maximum atomic E-state index is 13.1. The number of carbonyl (C=O) groups is 1. The maximum absolute atomic E-state index is 13.1. The predicted molar refractivity (Wildman–Crippen MR) is 123 cm³/mol. The maximum Gasteiger partial charge on any atom is 0.237 e. The topological polar surface area (TPSA) is 78.3 Å². The molecule has 0 spiro atoms. The second-order valence-electron chi connectivity index (χ2n) is 6.91. The van der Waals surface area contributed by atoms with Gasteiger partial charge in [0, 0.05) is 12.2 Å². The molecule has 0 saturated carbocycles. The third-order valence-corrected chi connectivity index (χ3v) is 5.64. The number of thioether (sulfide) groups is 1. The summed E-state index contributed by atoms with van der Waals surface area (Å²) in [7, 11) is 1.58. The van der Waals surface area contributed by atoms with Crippen molar-refractivity contribution in [3.8, 4) is 11.5 Å². The van der Waals surface area contributed by atoms with Gasteiger partial charge >= 0.3 is 0 Å². The zero-order chi connectivity index (χ0) is 23.1. The van der Waals surface area contributed by atoms with Crippen LogP contribution in [0.2, 0.25) is 0 Å². The molecule has 1 heterocycles. The summed E-state index contributed by atoms with van der Waals surface area (Å²) >= 11 is 1.27. The highest BCUT2D eigenvalue weighted by Gasteiger charge is 2.23. The number of amides is 1. The summed E-state index contributed by atoms with van der Waals surface area (Å²) in [6.07, 6.45) is 1.31. The van der Waals surface area contributed by atoms with E-state index in [0.29, 0.717) is 34.7 Å². The Morgan fingerprint density at radius 2 is 1.88 bits per heavy atom. The van der Waals surface area contributed by atoms with Crippen LogP contribution < -0.4 is 14.8 Å². The molecular weight excluding hydrogens is 431 g/mol. The number of ether oxygens (including phenoxy) is 2. The molecule has 2 aromatic carbocycles. The van der Waals surface area contributed by atoms with Gasteiger partial charge in [0.1, 0.15) is 5.82 Å². The number of nitrogens with zero attached hydrogens (tertiary/aromatic N) is 3. The molecule has 1 aromatic heterocycles. The molecule has 9 heteroatoms. The van der Waals surface area contributed by atoms with Crippen molar-refractivity contribution in [2.24, 2.45) is 0 Å². The zero-order valence-corrected chi connectivity index (χ0v) is 18.9. The van der Waals surface area contributed by atoms with Crippen LogP contribution in [0.1, 0.15) is 25.8 Å². The van der Waals surface area contributed by atoms with E-state index in [-0.39, 0.29) is 11.7 Å². The van der Waals surface area contributed by atoms with Gasteiger partial charge in [-0.3, -0.25) is 9.36 Å². The van der Waals surface area contributed by atoms with Crippen LogP contribution in [0.25, 0.3) is 0 Å². The Balaban J connectivity index is 1.74. The fourth-order valence-corrected chi connectivity index (χ4v) is 3.80. The number of rotatable bonds is 10. The Bertz CT molecular complexity index is 1070. The minimum atomic E-state index is -0.467. The largest absolute Gasteiger partial charge is 0.493 e. The summed E-state index contributed by atoms with van der Waals surface area (Å²) in [5, 5.41) is 11.4. The monoisotopic (exact) mass is 456 g/mol. The number of nitrogens with one attached hydrogen (secondary N) is 1. The van der Waals surface area contributed by atoms with Crippen LogP contribution in [0.15, 0.2) is 66.3 Å². The average Bonchev–Trinajstić information content (AvgIpc) is 3.18. The van der Waals surface area contributed by atoms with Crippen molar-refractivity contribution in [2.45, 2.75) is 36.9 Å². The number of halogens is 1. The predicted octanol–water partition coefficient (Wildman–Crippen LogP) is 4.87. The number of methoxy groups -OCH3 is 1. The lowest BCUT2D eigenvalue weighted by Crippen LogP contribution is -2.23. The lowest BCUT2D eigenvalue weighted by Gasteiger charge is -2.18. The highest BCUT2D eigenvalue weighted by Crippen LogP contribution is 2.32. The minimum Gasteiger partial charge on any atom is -0.493 e. The van der Waals surface area contributed by atoms with Gasteiger partial charge in [-0.2, -0.15) is 0 Å². The highest BCUT2D eigenvalue weighted by atomic mass is 32.2. The van der Waals surface area contributed by atoms with E-state index < -0.39 is 11.4 Å². The first-order valence-corrected chi connectivity index (χ1v) is 10.9. The molecule has 2 unspecified atom stereocenters. The number of carbonyl (C=O) groups excluding carboxylic acids is 1. The number of hydrogen-bond donors (Lipinski definition) is 1. The van der Waals surface area contributed by atoms with Gasteiger partial charge in [-0.25, -0.2) is 4.39 Å². The van der Waals surface area contributed by atoms with Gasteiger partial charge in [0.15, 0.2) is 28.6 Å². The van der Waals surface area contributed by atoms with E-state index in [1.807, 2.05) is 35.8 Å². The van der Waals surface area contributed by atoms with Crippen molar-refractivity contribution in [2.75, 3.05) is 12.4 Å². The van der Waals surface area contributed by atoms with Crippen LogP contribution >= 0.6 is 11.8 Å². The number of allylic oxidation sites excluding steroid dienone is 1. The van der Waals surface area contributed by atoms with Crippen molar-refractivity contribution >= 4 is 23.4 Å². The molecule has 1 N–H and O–H groups in total. The summed E-state index contributed by atoms with van der Waals surface area (Å²) in [5.41, 5.74) is 0.524. The first-order chi connectivity index (χ1) is 15.4. The first kappa shape index (κ1) is 23.3. The van der Waals surface area contributed by atoms with Crippen molar-refractivity contribution < 1.29 is 18.7 Å². The zero-order valence-electron chi connectivity index (χ0n) is 18.1. The Morgan fingerprint density at radius 3 is 2.53 bits per heavy atom. The van der Waals surface area contributed by atoms with Gasteiger partial charge in [-0.05, 0) is 50.2 Å². The Labute approximate surface area is 190 Å². The lowest BCUT2D eigenvalue weighted by molar-refractivity contribution is -0.115. The van der Waals surface area contributed by atoms with Gasteiger partial charge in [-0.15, -0.1) is 16.8 Å². The molecule has 0 aliphatic carbocycles. The summed E-state index contributed by atoms with van der Waals surface area (Å²) in [4.78, 5) is 12.6. The molecular formula is C23H25FN4O3S. The summed E-state index contributed by atoms with van der Waals surface area (Å²) in [5.74, 6) is 1.23. The van der Waals surface area contributed by atoms with E-state index in [9.17, 15) is 9.18 Å². The smallest absolute Gasteiger partial charge is 0.237 e. The van der Waals surface area contributed by atoms with Gasteiger partial charge in [0.25, 0.3) is 0 Å². The second-order valence-corrected chi connectivity index (χ2v) is 8.22. The Hall–Kier alpha value is -3.33. The van der Waals surface area contributed by atoms with Gasteiger partial charge < -0.3 is 14.8 Å². The van der Waals surface area contributed by atoms with Crippen molar-refractivity contribution in [3.63, 3.8) is 0 Å². The fraction of sp³-hybridized carbons (Fsp3) is 0.261. The minimum absolute atomic E-state index is 0.227. The molecule has 32 heavy (non-hydrogen) atoms. The SMILES string of the molecule is C=CCn1c(SC(C)C(=O)Nc2ccc(F)cc2)nnc1C(C)Oc1ccccc1OC. The molecule has 7 nitrogen and oxygen atoms in total. The number of para-hydroxylation sites is 2. The summed E-state index contributed by atoms with van der Waals surface area (Å²) < 4.78 is 26.3. The Kier molecular flexibility index (Phi) is 7.88. The second kappa shape index (κ2) is 10.8. The van der Waals surface area contributed by atoms with Crippen molar-refractivity contribution in [1.29, 1.82) is 0 Å². The van der Waals surface area contributed by atoms with Crippen LogP contribution in [-0.4, -0.2) is 33.0 Å². The van der Waals surface area contributed by atoms with E-state index in [1.165, 1.54) is 36.0 Å². The quantitative estimate of drug-likeness (QED) is 0.346. The van der Waals surface area contributed by atoms with Crippen LogP contribution in [0, 0.1) is 5.82 Å². The standard InChI is InChI=1S/C23H25FN4O3S/c1-5-14-28-21(15(2)31-20-9-7-6-8-19(20)30-4)26-27-23(28)32-16(3)22(29)25-18-12-10-17(24)11-13-18/h5-13,15-16H,1,14H2,2-4H3,(H,25,29). The van der Waals surface area contributed by atoms with Crippen LogP contribution in [0.3, 0.4) is 0 Å². The molecule has 168 valence electrons. The van der Waals surface area contributed by atoms with Crippen molar-refractivity contribution in [1.82, 2.24) is 14.8 Å². The van der Waals surface area contributed by atoms with Crippen LogP contribution in [-0.2, 0) is 11.3 Å². The summed E-state index contributed by atoms with van der Waals surface area (Å²) in [6, 6.07) is 13.0. The normalized spacial score (nSPS) is 12.6. The molecule has 0 fully saturated rings. The van der Waals surface area contributed by atoms with Crippen LogP contribution in [0.4, 0.5) is 10.1 Å². The average molecular weight is 457 g/mol. The first-order valence-electron chi connectivity index (χ1n) is 9.99. The van der Waals surface area contributed by atoms with Crippen LogP contribution in [0.5, 0.6) is 11.5 Å². The molecule has 0 saturated heterocycles. The Morgan fingerprint density at radius 1 is 1.19 bits per heavy atom. The molecule has 0 aliphatic rings. The number of hydrogen-bond acceptors (Lipinski definition) is 6. The fourth-order valence-electron chi connectivity index (χ4n) is 2.94. The molecule has 3 aromatic rings. The number of benzene rings is 2. The third kappa shape index (κ3) is 5.67. The molecule has 1 amide bonds. The van der Waals surface area contributed by atoms with Gasteiger partial charge in [-0.1, -0.05) is 30.0 Å². The molecule has 0 aliphatic heterocycles. The molecule has 0 radical (unpaired) electrons. The summed E-state index contributed by atoms with van der Waals surface area (Å²) in [6.45, 7) is 7.90. The molecule has 2 atom stereocenters. The molecule has 3 rings (SSSR count). The van der Waals surface area contributed by atoms with E-state index in [0.717, 1.165) is 0 Å². The van der Waals surface area contributed by atoms with Crippen molar-refractivity contribution in [3.05, 3.63) is 72.8 Å². The van der Waals surface area contributed by atoms with E-state index in [4.69, 9.17) is 9.47 Å². The van der Waals surface area contributed by atoms with E-state index >= 15 is 0 Å². The number of anilines is 1.